The number of rotatable bonds is 5. The minimum Gasteiger partial charge on any atom is -0.396 e. The molecule has 2 nitrogen and oxygen atoms in total. The number of nitrogens with zero attached hydrogens (tertiary/aromatic N) is 1. The van der Waals surface area contributed by atoms with Crippen LogP contribution in [-0.2, 0) is 0 Å². The first-order chi connectivity index (χ1) is 8.67. The highest BCUT2D eigenvalue weighted by Gasteiger charge is 2.39. The van der Waals surface area contributed by atoms with Gasteiger partial charge in [-0.05, 0) is 44.1 Å². The van der Waals surface area contributed by atoms with Crippen molar-refractivity contribution in [3.63, 3.8) is 0 Å². The van der Waals surface area contributed by atoms with Crippen molar-refractivity contribution in [3.05, 3.63) is 0 Å². The molecular formula is C16H31NO. The average Bonchev–Trinajstić information content (AvgIpc) is 2.84. The summed E-state index contributed by atoms with van der Waals surface area (Å²) in [6.45, 7) is 8.75. The van der Waals surface area contributed by atoms with Crippen LogP contribution in [0.2, 0.25) is 0 Å². The van der Waals surface area contributed by atoms with E-state index in [1.54, 1.807) is 0 Å². The zero-order chi connectivity index (χ0) is 13.1. The van der Waals surface area contributed by atoms with Gasteiger partial charge in [-0.2, -0.15) is 0 Å². The maximum absolute atomic E-state index is 9.82. The largest absolute Gasteiger partial charge is 0.396 e. The van der Waals surface area contributed by atoms with Gasteiger partial charge in [0.1, 0.15) is 0 Å². The van der Waals surface area contributed by atoms with Crippen molar-refractivity contribution >= 4 is 0 Å². The lowest BCUT2D eigenvalue weighted by molar-refractivity contribution is 0.0437. The maximum Gasteiger partial charge on any atom is 0.0499 e. The molecule has 2 heteroatoms. The summed E-state index contributed by atoms with van der Waals surface area (Å²) in [7, 11) is 0. The Morgan fingerprint density at radius 2 is 1.61 bits per heavy atom. The standard InChI is InChI=1S/C16H31NO/c1-3-15(4-2)10-11-17(12-15)13-16(14-18)8-6-5-7-9-16/h18H,3-14H2,1-2H3. The lowest BCUT2D eigenvalue weighted by Gasteiger charge is -2.39. The van der Waals surface area contributed by atoms with Crippen molar-refractivity contribution < 1.29 is 5.11 Å². The average molecular weight is 253 g/mol. The van der Waals surface area contributed by atoms with E-state index in [-0.39, 0.29) is 5.41 Å². The first-order valence-corrected chi connectivity index (χ1v) is 8.01. The fraction of sp³-hybridized carbons (Fsp3) is 1.00. The van der Waals surface area contributed by atoms with E-state index in [1.165, 1.54) is 64.5 Å². The Kier molecular flexibility index (Phi) is 4.71. The third kappa shape index (κ3) is 2.91. The summed E-state index contributed by atoms with van der Waals surface area (Å²) in [6, 6.07) is 0. The highest BCUT2D eigenvalue weighted by Crippen LogP contribution is 2.41. The Morgan fingerprint density at radius 3 is 2.11 bits per heavy atom. The van der Waals surface area contributed by atoms with Gasteiger partial charge in [0.2, 0.25) is 0 Å². The van der Waals surface area contributed by atoms with E-state index < -0.39 is 0 Å². The van der Waals surface area contributed by atoms with Gasteiger partial charge in [0.15, 0.2) is 0 Å². The lowest BCUT2D eigenvalue weighted by atomic mass is 9.74. The molecule has 1 N–H and O–H groups in total. The summed E-state index contributed by atoms with van der Waals surface area (Å²) < 4.78 is 0. The number of aliphatic hydroxyl groups excluding tert-OH is 1. The summed E-state index contributed by atoms with van der Waals surface area (Å²) in [4.78, 5) is 2.65. The van der Waals surface area contributed by atoms with Crippen LogP contribution >= 0.6 is 0 Å². The summed E-state index contributed by atoms with van der Waals surface area (Å²) in [5.41, 5.74) is 0.807. The molecule has 1 aliphatic carbocycles. The monoisotopic (exact) mass is 253 g/mol. The Bertz CT molecular complexity index is 254. The number of hydrogen-bond acceptors (Lipinski definition) is 2. The first kappa shape index (κ1) is 14.3. The van der Waals surface area contributed by atoms with Crippen LogP contribution < -0.4 is 0 Å². The predicted octanol–water partition coefficient (Wildman–Crippen LogP) is 3.44. The number of hydrogen-bond donors (Lipinski definition) is 1. The second-order valence-electron chi connectivity index (χ2n) is 6.89. The third-order valence-corrected chi connectivity index (χ3v) is 5.83. The van der Waals surface area contributed by atoms with E-state index in [4.69, 9.17) is 0 Å². The summed E-state index contributed by atoms with van der Waals surface area (Å²) in [6.07, 6.45) is 10.5. The molecule has 1 saturated heterocycles. The molecule has 0 amide bonds. The highest BCUT2D eigenvalue weighted by molar-refractivity contribution is 4.92. The van der Waals surface area contributed by atoms with Gasteiger partial charge in [0.25, 0.3) is 0 Å². The fourth-order valence-electron chi connectivity index (χ4n) is 4.13. The fourth-order valence-corrected chi connectivity index (χ4v) is 4.13. The Balaban J connectivity index is 1.93. The molecule has 2 aliphatic rings. The van der Waals surface area contributed by atoms with Crippen molar-refractivity contribution in [3.8, 4) is 0 Å². The molecule has 1 saturated carbocycles. The molecule has 0 aromatic heterocycles. The number of aliphatic hydroxyl groups is 1. The highest BCUT2D eigenvalue weighted by atomic mass is 16.3. The summed E-state index contributed by atoms with van der Waals surface area (Å²) in [5.74, 6) is 0. The SMILES string of the molecule is CCC1(CC)CCN(CC2(CO)CCCCC2)C1. The van der Waals surface area contributed by atoms with Crippen LogP contribution in [0.15, 0.2) is 0 Å². The van der Waals surface area contributed by atoms with E-state index in [0.717, 1.165) is 6.54 Å². The van der Waals surface area contributed by atoms with Gasteiger partial charge in [-0.15, -0.1) is 0 Å². The zero-order valence-corrected chi connectivity index (χ0v) is 12.4. The Hall–Kier alpha value is -0.0800. The van der Waals surface area contributed by atoms with Crippen LogP contribution in [0.1, 0.15) is 65.2 Å². The third-order valence-electron chi connectivity index (χ3n) is 5.83. The van der Waals surface area contributed by atoms with Crippen molar-refractivity contribution in [2.24, 2.45) is 10.8 Å². The Morgan fingerprint density at radius 1 is 0.944 bits per heavy atom. The maximum atomic E-state index is 9.82. The summed E-state index contributed by atoms with van der Waals surface area (Å²) >= 11 is 0. The smallest absolute Gasteiger partial charge is 0.0499 e. The van der Waals surface area contributed by atoms with Gasteiger partial charge in [-0.1, -0.05) is 33.1 Å². The zero-order valence-electron chi connectivity index (χ0n) is 12.4. The molecule has 2 fully saturated rings. The Labute approximate surface area is 113 Å². The van der Waals surface area contributed by atoms with E-state index in [0.29, 0.717) is 12.0 Å². The molecule has 0 radical (unpaired) electrons. The molecule has 0 spiro atoms. The first-order valence-electron chi connectivity index (χ1n) is 8.01. The molecule has 1 aliphatic heterocycles. The quantitative estimate of drug-likeness (QED) is 0.811. The second-order valence-corrected chi connectivity index (χ2v) is 6.89. The minimum absolute atomic E-state index is 0.232. The number of likely N-dealkylation sites (tertiary alicyclic amines) is 1. The van der Waals surface area contributed by atoms with E-state index in [1.807, 2.05) is 0 Å². The van der Waals surface area contributed by atoms with Gasteiger partial charge >= 0.3 is 0 Å². The predicted molar refractivity (Wildman–Crippen MR) is 76.7 cm³/mol. The molecule has 0 bridgehead atoms. The van der Waals surface area contributed by atoms with Crippen LogP contribution in [-0.4, -0.2) is 36.2 Å². The van der Waals surface area contributed by atoms with Gasteiger partial charge < -0.3 is 10.0 Å². The molecule has 2 rings (SSSR count). The van der Waals surface area contributed by atoms with Crippen molar-refractivity contribution in [1.82, 2.24) is 4.90 Å². The second kappa shape index (κ2) is 5.92. The molecule has 1 heterocycles. The molecule has 0 aromatic rings. The minimum atomic E-state index is 0.232. The van der Waals surface area contributed by atoms with Gasteiger partial charge in [-0.25, -0.2) is 0 Å². The van der Waals surface area contributed by atoms with Crippen LogP contribution in [0.3, 0.4) is 0 Å². The topological polar surface area (TPSA) is 23.5 Å². The van der Waals surface area contributed by atoms with E-state index in [9.17, 15) is 5.11 Å². The normalized spacial score (nSPS) is 27.5. The molecule has 106 valence electrons. The van der Waals surface area contributed by atoms with Crippen molar-refractivity contribution in [1.29, 1.82) is 0 Å². The molecule has 0 unspecified atom stereocenters. The van der Waals surface area contributed by atoms with E-state index >= 15 is 0 Å². The van der Waals surface area contributed by atoms with Gasteiger partial charge in [0, 0.05) is 25.1 Å². The van der Waals surface area contributed by atoms with Crippen molar-refractivity contribution in [2.75, 3.05) is 26.2 Å². The summed E-state index contributed by atoms with van der Waals surface area (Å²) in [5, 5.41) is 9.82. The molecule has 18 heavy (non-hydrogen) atoms. The van der Waals surface area contributed by atoms with Crippen LogP contribution in [0.5, 0.6) is 0 Å². The van der Waals surface area contributed by atoms with E-state index in [2.05, 4.69) is 18.7 Å². The van der Waals surface area contributed by atoms with Gasteiger partial charge in [0.05, 0.1) is 0 Å². The van der Waals surface area contributed by atoms with Crippen LogP contribution in [0.25, 0.3) is 0 Å². The molecular weight excluding hydrogens is 222 g/mol. The lowest BCUT2D eigenvalue weighted by Crippen LogP contribution is -2.41. The van der Waals surface area contributed by atoms with Crippen molar-refractivity contribution in [2.45, 2.75) is 65.2 Å². The molecule has 0 aromatic carbocycles. The van der Waals surface area contributed by atoms with Crippen LogP contribution in [0.4, 0.5) is 0 Å². The van der Waals surface area contributed by atoms with Gasteiger partial charge in [-0.3, -0.25) is 0 Å². The molecule has 0 atom stereocenters. The van der Waals surface area contributed by atoms with Crippen LogP contribution in [0, 0.1) is 10.8 Å².